The van der Waals surface area contributed by atoms with Crippen LogP contribution in [0.5, 0.6) is 0 Å². The zero-order valence-corrected chi connectivity index (χ0v) is 12.9. The molecule has 0 aromatic heterocycles. The molecule has 1 amide bonds. The Morgan fingerprint density at radius 1 is 1.38 bits per heavy atom. The average molecular weight is 332 g/mol. The minimum Gasteiger partial charge on any atom is -0.479 e. The fourth-order valence-electron chi connectivity index (χ4n) is 2.15. The van der Waals surface area contributed by atoms with Gasteiger partial charge in [0.15, 0.2) is 5.54 Å². The van der Waals surface area contributed by atoms with Crippen LogP contribution >= 0.6 is 23.2 Å². The summed E-state index contributed by atoms with van der Waals surface area (Å²) in [6.07, 6.45) is 0.586. The number of ether oxygens (including phenoxy) is 1. The highest BCUT2D eigenvalue weighted by Gasteiger charge is 2.39. The van der Waals surface area contributed by atoms with E-state index in [-0.39, 0.29) is 16.8 Å². The summed E-state index contributed by atoms with van der Waals surface area (Å²) in [5, 5.41) is 12.7. The Morgan fingerprint density at radius 2 is 2.10 bits per heavy atom. The molecule has 1 aliphatic heterocycles. The van der Waals surface area contributed by atoms with Crippen molar-refractivity contribution in [2.45, 2.75) is 18.9 Å². The van der Waals surface area contributed by atoms with Crippen LogP contribution in [0.3, 0.4) is 0 Å². The van der Waals surface area contributed by atoms with Crippen molar-refractivity contribution in [1.82, 2.24) is 5.32 Å². The third kappa shape index (κ3) is 3.31. The van der Waals surface area contributed by atoms with Crippen molar-refractivity contribution in [3.05, 3.63) is 33.8 Å². The number of aliphatic carboxylic acids is 1. The van der Waals surface area contributed by atoms with E-state index in [0.29, 0.717) is 30.2 Å². The summed E-state index contributed by atoms with van der Waals surface area (Å²) in [4.78, 5) is 23.8. The maximum Gasteiger partial charge on any atom is 0.333 e. The maximum absolute atomic E-state index is 12.2. The van der Waals surface area contributed by atoms with Gasteiger partial charge in [-0.2, -0.15) is 0 Å². The number of halogens is 2. The van der Waals surface area contributed by atoms with E-state index in [0.717, 1.165) is 0 Å². The first-order valence-corrected chi connectivity index (χ1v) is 7.19. The van der Waals surface area contributed by atoms with Crippen LogP contribution in [-0.4, -0.2) is 30.2 Å². The van der Waals surface area contributed by atoms with E-state index in [2.05, 4.69) is 5.32 Å². The monoisotopic (exact) mass is 331 g/mol. The molecule has 1 saturated heterocycles. The highest BCUT2D eigenvalue weighted by atomic mass is 35.5. The second kappa shape index (κ2) is 6.22. The number of hydrogen-bond acceptors (Lipinski definition) is 3. The molecule has 1 fully saturated rings. The third-order valence-corrected chi connectivity index (χ3v) is 4.34. The summed E-state index contributed by atoms with van der Waals surface area (Å²) in [6.45, 7) is 2.24. The van der Waals surface area contributed by atoms with Crippen molar-refractivity contribution in [2.75, 3.05) is 13.2 Å². The van der Waals surface area contributed by atoms with Crippen molar-refractivity contribution in [2.24, 2.45) is 5.92 Å². The molecule has 2 atom stereocenters. The van der Waals surface area contributed by atoms with Gasteiger partial charge in [0.1, 0.15) is 0 Å². The fourth-order valence-corrected chi connectivity index (χ4v) is 2.44. The molecule has 1 aromatic carbocycles. The van der Waals surface area contributed by atoms with Crippen LogP contribution in [0.2, 0.25) is 10.0 Å². The van der Waals surface area contributed by atoms with Crippen molar-refractivity contribution < 1.29 is 19.4 Å². The van der Waals surface area contributed by atoms with E-state index in [9.17, 15) is 14.7 Å². The van der Waals surface area contributed by atoms with Crippen LogP contribution in [0.25, 0.3) is 0 Å². The highest BCUT2D eigenvalue weighted by molar-refractivity contribution is 6.42. The van der Waals surface area contributed by atoms with E-state index in [1.165, 1.54) is 25.1 Å². The Balaban J connectivity index is 2.28. The summed E-state index contributed by atoms with van der Waals surface area (Å²) in [5.41, 5.74) is -1.22. The molecular formula is C14H15Cl2NO4. The molecular weight excluding hydrogens is 317 g/mol. The van der Waals surface area contributed by atoms with Crippen molar-refractivity contribution >= 4 is 35.1 Å². The Labute approximate surface area is 132 Å². The van der Waals surface area contributed by atoms with Crippen LogP contribution in [0.1, 0.15) is 18.9 Å². The minimum absolute atomic E-state index is 0.236. The number of carboxylic acid groups (broad SMARTS) is 1. The average Bonchev–Trinajstić information content (AvgIpc) is 2.95. The van der Waals surface area contributed by atoms with Gasteiger partial charge < -0.3 is 15.2 Å². The predicted octanol–water partition coefficient (Wildman–Crippen LogP) is 2.45. The van der Waals surface area contributed by atoms with Crippen LogP contribution in [0.4, 0.5) is 0 Å². The first-order valence-electron chi connectivity index (χ1n) is 6.43. The Kier molecular flexibility index (Phi) is 4.76. The minimum atomic E-state index is -1.58. The first kappa shape index (κ1) is 16.1. The lowest BCUT2D eigenvalue weighted by molar-refractivity contribution is -0.148. The number of nitrogens with one attached hydrogen (secondary N) is 1. The molecule has 2 N–H and O–H groups in total. The van der Waals surface area contributed by atoms with Crippen molar-refractivity contribution in [3.8, 4) is 0 Å². The van der Waals surface area contributed by atoms with E-state index in [4.69, 9.17) is 27.9 Å². The maximum atomic E-state index is 12.2. The molecule has 1 heterocycles. The van der Waals surface area contributed by atoms with E-state index in [1.54, 1.807) is 0 Å². The molecule has 0 radical (unpaired) electrons. The van der Waals surface area contributed by atoms with Gasteiger partial charge in [0.05, 0.1) is 22.6 Å². The number of hydrogen-bond donors (Lipinski definition) is 2. The standard InChI is InChI=1S/C14H15Cl2NO4/c1-14(13(19)20,9-2-3-10(15)11(16)6-9)17-12(18)8-4-5-21-7-8/h2-3,6,8H,4-5,7H2,1H3,(H,17,18)(H,19,20). The normalized spacial score (nSPS) is 20.8. The van der Waals surface area contributed by atoms with Crippen LogP contribution in [-0.2, 0) is 19.9 Å². The molecule has 0 saturated carbocycles. The van der Waals surface area contributed by atoms with Gasteiger partial charge in [0.25, 0.3) is 0 Å². The Bertz CT molecular complexity index is 572. The lowest BCUT2D eigenvalue weighted by Crippen LogP contribution is -2.51. The molecule has 114 valence electrons. The zero-order chi connectivity index (χ0) is 15.6. The number of amides is 1. The van der Waals surface area contributed by atoms with Gasteiger partial charge in [-0.05, 0) is 31.0 Å². The smallest absolute Gasteiger partial charge is 0.333 e. The quantitative estimate of drug-likeness (QED) is 0.888. The van der Waals surface area contributed by atoms with Crippen LogP contribution < -0.4 is 5.32 Å². The molecule has 21 heavy (non-hydrogen) atoms. The van der Waals surface area contributed by atoms with Gasteiger partial charge in [0, 0.05) is 6.61 Å². The summed E-state index contributed by atoms with van der Waals surface area (Å²) in [6, 6.07) is 4.49. The molecule has 1 aliphatic rings. The molecule has 2 unspecified atom stereocenters. The van der Waals surface area contributed by atoms with Crippen molar-refractivity contribution in [1.29, 1.82) is 0 Å². The Morgan fingerprint density at radius 3 is 2.62 bits per heavy atom. The van der Waals surface area contributed by atoms with Crippen molar-refractivity contribution in [3.63, 3.8) is 0 Å². The predicted molar refractivity (Wildman–Crippen MR) is 78.5 cm³/mol. The first-order chi connectivity index (χ1) is 9.84. The molecule has 7 heteroatoms. The molecule has 0 spiro atoms. The van der Waals surface area contributed by atoms with Gasteiger partial charge in [-0.15, -0.1) is 0 Å². The summed E-state index contributed by atoms with van der Waals surface area (Å²) >= 11 is 11.8. The van der Waals surface area contributed by atoms with Gasteiger partial charge in [0.2, 0.25) is 5.91 Å². The summed E-state index contributed by atoms with van der Waals surface area (Å²) in [5.74, 6) is -1.84. The van der Waals surface area contributed by atoms with Crippen LogP contribution in [0, 0.1) is 5.92 Å². The molecule has 1 aromatic rings. The second-order valence-corrected chi connectivity index (χ2v) is 5.92. The fraction of sp³-hybridized carbons (Fsp3) is 0.429. The van der Waals surface area contributed by atoms with E-state index >= 15 is 0 Å². The molecule has 0 bridgehead atoms. The van der Waals surface area contributed by atoms with Gasteiger partial charge in [-0.1, -0.05) is 29.3 Å². The SMILES string of the molecule is CC(NC(=O)C1CCOC1)(C(=O)O)c1ccc(Cl)c(Cl)c1. The Hall–Kier alpha value is -1.30. The number of carboxylic acids is 1. The second-order valence-electron chi connectivity index (χ2n) is 5.11. The van der Waals surface area contributed by atoms with Gasteiger partial charge in [-0.25, -0.2) is 4.79 Å². The number of carbonyl (C=O) groups excluding carboxylic acids is 1. The van der Waals surface area contributed by atoms with E-state index < -0.39 is 11.5 Å². The van der Waals surface area contributed by atoms with E-state index in [1.807, 2.05) is 0 Å². The summed E-state index contributed by atoms with van der Waals surface area (Å²) < 4.78 is 5.15. The van der Waals surface area contributed by atoms with Gasteiger partial charge >= 0.3 is 5.97 Å². The topological polar surface area (TPSA) is 75.6 Å². The number of carbonyl (C=O) groups is 2. The lowest BCUT2D eigenvalue weighted by Gasteiger charge is -2.28. The molecule has 0 aliphatic carbocycles. The molecule has 2 rings (SSSR count). The third-order valence-electron chi connectivity index (χ3n) is 3.60. The zero-order valence-electron chi connectivity index (χ0n) is 11.4. The molecule has 5 nitrogen and oxygen atoms in total. The highest BCUT2D eigenvalue weighted by Crippen LogP contribution is 2.29. The number of benzene rings is 1. The van der Waals surface area contributed by atoms with Crippen LogP contribution in [0.15, 0.2) is 18.2 Å². The lowest BCUT2D eigenvalue weighted by atomic mass is 9.91. The van der Waals surface area contributed by atoms with Gasteiger partial charge in [-0.3, -0.25) is 4.79 Å². The summed E-state index contributed by atoms with van der Waals surface area (Å²) in [7, 11) is 0. The number of rotatable bonds is 4. The largest absolute Gasteiger partial charge is 0.479 e.